The van der Waals surface area contributed by atoms with E-state index in [-0.39, 0.29) is 25.7 Å². The van der Waals surface area contributed by atoms with Crippen LogP contribution in [0.5, 0.6) is 0 Å². The Labute approximate surface area is 556 Å². The van der Waals surface area contributed by atoms with Gasteiger partial charge in [-0.05, 0) is 25.7 Å². The largest absolute Gasteiger partial charge is 0.472 e. The first-order chi connectivity index (χ1) is 44.2. The third-order valence-corrected chi connectivity index (χ3v) is 18.8. The third kappa shape index (κ3) is 66.5. The molecule has 0 amide bonds. The summed E-state index contributed by atoms with van der Waals surface area (Å²) in [6, 6.07) is 0. The molecule has 0 aromatic carbocycles. The van der Waals surface area contributed by atoms with Gasteiger partial charge in [0.05, 0.1) is 26.4 Å². The van der Waals surface area contributed by atoms with Gasteiger partial charge < -0.3 is 33.8 Å². The summed E-state index contributed by atoms with van der Waals surface area (Å²) in [5, 5.41) is 10.6. The van der Waals surface area contributed by atoms with Gasteiger partial charge in [0.1, 0.15) is 19.3 Å². The molecule has 19 heteroatoms. The maximum Gasteiger partial charge on any atom is 0.472 e. The highest BCUT2D eigenvalue weighted by molar-refractivity contribution is 7.47. The smallest absolute Gasteiger partial charge is 0.462 e. The summed E-state index contributed by atoms with van der Waals surface area (Å²) < 4.78 is 68.3. The van der Waals surface area contributed by atoms with Crippen LogP contribution in [-0.2, 0) is 65.4 Å². The number of hydrogen-bond acceptors (Lipinski definition) is 15. The highest BCUT2D eigenvalue weighted by atomic mass is 31.2. The van der Waals surface area contributed by atoms with E-state index in [4.69, 9.17) is 37.0 Å². The summed E-state index contributed by atoms with van der Waals surface area (Å²) in [7, 11) is -9.90. The van der Waals surface area contributed by atoms with E-state index >= 15 is 0 Å². The van der Waals surface area contributed by atoms with Crippen LogP contribution in [0.2, 0.25) is 0 Å². The van der Waals surface area contributed by atoms with E-state index in [1.165, 1.54) is 212 Å². The second-order valence-electron chi connectivity index (χ2n) is 26.0. The van der Waals surface area contributed by atoms with Crippen molar-refractivity contribution in [2.75, 3.05) is 39.6 Å². The molecule has 0 heterocycles. The Bertz CT molecular complexity index is 1740. The van der Waals surface area contributed by atoms with Gasteiger partial charge in [0.15, 0.2) is 12.2 Å². The van der Waals surface area contributed by atoms with Gasteiger partial charge in [-0.2, -0.15) is 0 Å². The maximum atomic E-state index is 13.0. The first kappa shape index (κ1) is 89.1. The molecule has 3 N–H and O–H groups in total. The zero-order valence-corrected chi connectivity index (χ0v) is 60.6. The number of unbranched alkanes of at least 4 members (excludes halogenated alkanes) is 47. The van der Waals surface area contributed by atoms with Gasteiger partial charge in [-0.15, -0.1) is 0 Å². The lowest BCUT2D eigenvalue weighted by atomic mass is 10.0. The minimum absolute atomic E-state index is 0.107. The van der Waals surface area contributed by atoms with E-state index in [0.717, 1.165) is 89.9 Å². The fraction of sp³-hybridized carbons (Fsp3) is 0.944. The Kier molecular flexibility index (Phi) is 65.2. The molecule has 540 valence electrons. The summed E-state index contributed by atoms with van der Waals surface area (Å²) in [6.07, 6.45) is 55.4. The zero-order valence-electron chi connectivity index (χ0n) is 58.8. The lowest BCUT2D eigenvalue weighted by molar-refractivity contribution is -0.161. The highest BCUT2D eigenvalue weighted by Gasteiger charge is 2.30. The summed E-state index contributed by atoms with van der Waals surface area (Å²) in [5.74, 6) is -2.12. The van der Waals surface area contributed by atoms with Crippen LogP contribution in [0.1, 0.15) is 381 Å². The van der Waals surface area contributed by atoms with Crippen LogP contribution in [0.3, 0.4) is 0 Å². The molecule has 2 unspecified atom stereocenters. The standard InChI is InChI=1S/C72H140O17P2/c1-5-9-13-17-21-25-28-30-31-32-33-34-35-36-39-43-47-51-55-59-72(77)89-68(63-83-70(75)57-53-49-45-41-38-29-26-22-18-14-10-6-2)65-87-91(80,81)85-61-66(73)60-84-90(78,79)86-64-67(62-82-69(74)56-52-48-44-40-24-20-16-12-8-4)88-71(76)58-54-50-46-42-37-27-23-19-15-11-7-3/h66-68,73H,5-65H2,1-4H3,(H,78,79)(H,80,81)/t66-,67+,68+/m0/s1. The van der Waals surface area contributed by atoms with Crippen molar-refractivity contribution in [1.82, 2.24) is 0 Å². The maximum absolute atomic E-state index is 13.0. The molecule has 0 saturated carbocycles. The van der Waals surface area contributed by atoms with E-state index in [9.17, 15) is 43.2 Å². The van der Waals surface area contributed by atoms with Crippen LogP contribution in [-0.4, -0.2) is 96.7 Å². The van der Waals surface area contributed by atoms with Crippen molar-refractivity contribution < 1.29 is 80.2 Å². The molecule has 17 nitrogen and oxygen atoms in total. The Morgan fingerprint density at radius 2 is 0.440 bits per heavy atom. The van der Waals surface area contributed by atoms with Crippen molar-refractivity contribution in [3.05, 3.63) is 0 Å². The minimum Gasteiger partial charge on any atom is -0.462 e. The van der Waals surface area contributed by atoms with E-state index in [2.05, 4.69) is 27.7 Å². The molecule has 5 atom stereocenters. The second kappa shape index (κ2) is 66.7. The molecule has 0 aliphatic heterocycles. The van der Waals surface area contributed by atoms with Crippen molar-refractivity contribution in [2.24, 2.45) is 0 Å². The van der Waals surface area contributed by atoms with Crippen LogP contribution in [0.15, 0.2) is 0 Å². The van der Waals surface area contributed by atoms with Crippen molar-refractivity contribution in [3.63, 3.8) is 0 Å². The van der Waals surface area contributed by atoms with Gasteiger partial charge in [-0.3, -0.25) is 37.3 Å². The number of ether oxygens (including phenoxy) is 4. The van der Waals surface area contributed by atoms with Crippen LogP contribution in [0, 0.1) is 0 Å². The predicted molar refractivity (Wildman–Crippen MR) is 368 cm³/mol. The lowest BCUT2D eigenvalue weighted by Gasteiger charge is -2.21. The Morgan fingerprint density at radius 3 is 0.648 bits per heavy atom. The average Bonchev–Trinajstić information content (AvgIpc) is 3.70. The Hall–Kier alpha value is -1.94. The molecule has 0 aromatic rings. The van der Waals surface area contributed by atoms with Crippen LogP contribution in [0.25, 0.3) is 0 Å². The second-order valence-corrected chi connectivity index (χ2v) is 28.9. The van der Waals surface area contributed by atoms with Crippen molar-refractivity contribution in [3.8, 4) is 0 Å². The van der Waals surface area contributed by atoms with E-state index in [1.54, 1.807) is 0 Å². The molecular weight excluding hydrogens is 1200 g/mol. The fourth-order valence-corrected chi connectivity index (χ4v) is 12.6. The molecule has 0 radical (unpaired) electrons. The fourth-order valence-electron chi connectivity index (χ4n) is 11.0. The summed E-state index contributed by atoms with van der Waals surface area (Å²) in [4.78, 5) is 72.5. The van der Waals surface area contributed by atoms with E-state index in [0.29, 0.717) is 25.7 Å². The molecule has 0 aromatic heterocycles. The Balaban J connectivity index is 5.19. The molecule has 0 saturated heterocycles. The number of hydrogen-bond donors (Lipinski definition) is 3. The number of carbonyl (C=O) groups excluding carboxylic acids is 4. The molecule has 0 spiro atoms. The van der Waals surface area contributed by atoms with Gasteiger partial charge in [0, 0.05) is 25.7 Å². The van der Waals surface area contributed by atoms with Crippen LogP contribution >= 0.6 is 15.6 Å². The number of phosphoric ester groups is 2. The van der Waals surface area contributed by atoms with E-state index in [1.807, 2.05) is 0 Å². The average molecular weight is 1340 g/mol. The molecule has 91 heavy (non-hydrogen) atoms. The van der Waals surface area contributed by atoms with Gasteiger partial charge in [-0.25, -0.2) is 9.13 Å². The van der Waals surface area contributed by atoms with Gasteiger partial charge in [0.2, 0.25) is 0 Å². The summed E-state index contributed by atoms with van der Waals surface area (Å²) in [5.41, 5.74) is 0. The number of aliphatic hydroxyl groups excluding tert-OH is 1. The van der Waals surface area contributed by atoms with Crippen LogP contribution in [0.4, 0.5) is 0 Å². The highest BCUT2D eigenvalue weighted by Crippen LogP contribution is 2.45. The molecule has 0 bridgehead atoms. The molecule has 0 rings (SSSR count). The van der Waals surface area contributed by atoms with Crippen LogP contribution < -0.4 is 0 Å². The topological polar surface area (TPSA) is 237 Å². The first-order valence-corrected chi connectivity index (χ1v) is 40.8. The SMILES string of the molecule is CCCCCCCCCCCCCCCCCCCCCC(=O)O[C@H](COC(=O)CCCCCCCCCCCCCC)COP(=O)(O)OC[C@@H](O)COP(=O)(O)OC[C@@H](COC(=O)CCCCCCCCCCC)OC(=O)CCCCCCCCCCCCC. The quantitative estimate of drug-likeness (QED) is 0.0222. The monoisotopic (exact) mass is 1340 g/mol. The van der Waals surface area contributed by atoms with Crippen molar-refractivity contribution >= 4 is 39.5 Å². The minimum atomic E-state index is -4.95. The molecule has 0 aliphatic rings. The molecular formula is C72H140O17P2. The number of carbonyl (C=O) groups is 4. The lowest BCUT2D eigenvalue weighted by Crippen LogP contribution is -2.30. The summed E-state index contributed by atoms with van der Waals surface area (Å²) in [6.45, 7) is 4.94. The van der Waals surface area contributed by atoms with Crippen molar-refractivity contribution in [2.45, 2.75) is 399 Å². The van der Waals surface area contributed by atoms with Gasteiger partial charge >= 0.3 is 39.5 Å². The number of phosphoric acid groups is 2. The molecule has 0 fully saturated rings. The number of aliphatic hydroxyl groups is 1. The van der Waals surface area contributed by atoms with Crippen molar-refractivity contribution in [1.29, 1.82) is 0 Å². The van der Waals surface area contributed by atoms with Gasteiger partial charge in [0.25, 0.3) is 0 Å². The number of rotatable bonds is 73. The van der Waals surface area contributed by atoms with E-state index < -0.39 is 97.5 Å². The predicted octanol–water partition coefficient (Wildman–Crippen LogP) is 21.1. The molecule has 0 aliphatic carbocycles. The summed E-state index contributed by atoms with van der Waals surface area (Å²) >= 11 is 0. The third-order valence-electron chi connectivity index (χ3n) is 16.9. The zero-order chi connectivity index (χ0) is 66.8. The Morgan fingerprint density at radius 1 is 0.264 bits per heavy atom. The number of esters is 4. The van der Waals surface area contributed by atoms with Gasteiger partial charge in [-0.1, -0.05) is 329 Å². The first-order valence-electron chi connectivity index (χ1n) is 37.8. The normalized spacial score (nSPS) is 14.0.